The highest BCUT2D eigenvalue weighted by molar-refractivity contribution is 7.13. The lowest BCUT2D eigenvalue weighted by molar-refractivity contribution is -0.139. The van der Waals surface area contributed by atoms with E-state index in [2.05, 4.69) is 5.32 Å². The maximum absolute atomic E-state index is 12.0. The Hall–Kier alpha value is -1.44. The monoisotopic (exact) mass is 298 g/mol. The number of morpholine rings is 1. The maximum atomic E-state index is 12.0. The van der Waals surface area contributed by atoms with Crippen molar-refractivity contribution in [3.63, 3.8) is 0 Å². The number of aliphatic hydroxyl groups is 1. The van der Waals surface area contributed by atoms with E-state index in [4.69, 9.17) is 9.84 Å². The highest BCUT2D eigenvalue weighted by Gasteiger charge is 2.23. The quantitative estimate of drug-likeness (QED) is 0.820. The van der Waals surface area contributed by atoms with E-state index >= 15 is 0 Å². The number of nitrogens with zero attached hydrogens (tertiary/aromatic N) is 1. The fourth-order valence-corrected chi connectivity index (χ4v) is 2.75. The summed E-state index contributed by atoms with van der Waals surface area (Å²) in [5.41, 5.74) is 0. The Morgan fingerprint density at radius 3 is 3.00 bits per heavy atom. The molecule has 1 fully saturated rings. The number of rotatable bonds is 4. The van der Waals surface area contributed by atoms with Crippen LogP contribution in [0.5, 0.6) is 0 Å². The van der Waals surface area contributed by atoms with Gasteiger partial charge in [-0.2, -0.15) is 0 Å². The second kappa shape index (κ2) is 6.83. The lowest BCUT2D eigenvalue weighted by Crippen LogP contribution is -2.49. The van der Waals surface area contributed by atoms with Crippen molar-refractivity contribution in [1.82, 2.24) is 10.2 Å². The lowest BCUT2D eigenvalue weighted by Gasteiger charge is -2.32. The number of nitrogens with one attached hydrogen (secondary N) is 1. The van der Waals surface area contributed by atoms with Crippen LogP contribution in [0.4, 0.5) is 0 Å². The summed E-state index contributed by atoms with van der Waals surface area (Å²) in [7, 11) is 0. The van der Waals surface area contributed by atoms with Crippen molar-refractivity contribution in [2.45, 2.75) is 13.0 Å². The molecular formula is C13H18N2O4S. The summed E-state index contributed by atoms with van der Waals surface area (Å²) in [6.45, 7) is 3.05. The molecule has 1 aromatic rings. The third kappa shape index (κ3) is 3.78. The Kier molecular flexibility index (Phi) is 5.11. The van der Waals surface area contributed by atoms with Crippen LogP contribution in [0.15, 0.2) is 12.1 Å². The van der Waals surface area contributed by atoms with Gasteiger partial charge in [0, 0.05) is 18.0 Å². The van der Waals surface area contributed by atoms with Crippen LogP contribution in [0, 0.1) is 6.92 Å². The average molecular weight is 298 g/mol. The molecule has 2 rings (SSSR count). The Morgan fingerprint density at radius 1 is 1.55 bits per heavy atom. The van der Waals surface area contributed by atoms with Gasteiger partial charge in [-0.1, -0.05) is 0 Å². The number of amides is 2. The van der Waals surface area contributed by atoms with Gasteiger partial charge < -0.3 is 20.1 Å². The predicted octanol–water partition coefficient (Wildman–Crippen LogP) is 0.00602. The van der Waals surface area contributed by atoms with Crippen molar-refractivity contribution in [1.29, 1.82) is 0 Å². The zero-order chi connectivity index (χ0) is 14.5. The Balaban J connectivity index is 1.81. The van der Waals surface area contributed by atoms with Gasteiger partial charge in [0.25, 0.3) is 5.91 Å². The van der Waals surface area contributed by atoms with Crippen molar-refractivity contribution >= 4 is 23.2 Å². The molecule has 0 spiro atoms. The van der Waals surface area contributed by atoms with Crippen molar-refractivity contribution in [3.05, 3.63) is 21.9 Å². The SMILES string of the molecule is Cc1ccc(C(=O)NCC(=O)N2CCOC(CO)C2)s1. The molecule has 0 aromatic carbocycles. The second-order valence-corrected chi connectivity index (χ2v) is 5.90. The van der Waals surface area contributed by atoms with E-state index in [1.807, 2.05) is 13.0 Å². The zero-order valence-electron chi connectivity index (χ0n) is 11.3. The normalized spacial score (nSPS) is 18.9. The molecule has 0 bridgehead atoms. The van der Waals surface area contributed by atoms with Crippen LogP contribution in [-0.2, 0) is 9.53 Å². The molecular weight excluding hydrogens is 280 g/mol. The molecule has 1 aromatic heterocycles. The molecule has 7 heteroatoms. The summed E-state index contributed by atoms with van der Waals surface area (Å²) in [6, 6.07) is 3.62. The summed E-state index contributed by atoms with van der Waals surface area (Å²) < 4.78 is 5.28. The summed E-state index contributed by atoms with van der Waals surface area (Å²) in [5.74, 6) is -0.392. The number of aryl methyl sites for hydroxylation is 1. The predicted molar refractivity (Wildman–Crippen MR) is 74.8 cm³/mol. The van der Waals surface area contributed by atoms with Gasteiger partial charge in [-0.3, -0.25) is 9.59 Å². The van der Waals surface area contributed by atoms with E-state index in [0.29, 0.717) is 24.6 Å². The van der Waals surface area contributed by atoms with E-state index in [9.17, 15) is 9.59 Å². The molecule has 1 saturated heterocycles. The Bertz CT molecular complexity index is 488. The fraction of sp³-hybridized carbons (Fsp3) is 0.538. The highest BCUT2D eigenvalue weighted by Crippen LogP contribution is 2.14. The minimum Gasteiger partial charge on any atom is -0.394 e. The van der Waals surface area contributed by atoms with Gasteiger partial charge in [0.15, 0.2) is 0 Å². The molecule has 1 aliphatic rings. The second-order valence-electron chi connectivity index (χ2n) is 4.61. The van der Waals surface area contributed by atoms with Crippen LogP contribution in [0.2, 0.25) is 0 Å². The Labute approximate surface area is 121 Å². The first-order valence-corrected chi connectivity index (χ1v) is 7.26. The van der Waals surface area contributed by atoms with Crippen LogP contribution < -0.4 is 5.32 Å². The van der Waals surface area contributed by atoms with Crippen LogP contribution in [0.25, 0.3) is 0 Å². The molecule has 2 amide bonds. The number of aliphatic hydroxyl groups excluding tert-OH is 1. The number of hydrogen-bond donors (Lipinski definition) is 2. The summed E-state index contributed by atoms with van der Waals surface area (Å²) in [4.78, 5) is 27.1. The van der Waals surface area contributed by atoms with Gasteiger partial charge in [0.2, 0.25) is 5.91 Å². The summed E-state index contributed by atoms with van der Waals surface area (Å²) >= 11 is 1.40. The summed E-state index contributed by atoms with van der Waals surface area (Å²) in [6.07, 6.45) is -0.330. The van der Waals surface area contributed by atoms with Crippen molar-refractivity contribution in [3.8, 4) is 0 Å². The van der Waals surface area contributed by atoms with E-state index in [-0.39, 0.29) is 31.1 Å². The van der Waals surface area contributed by atoms with Crippen LogP contribution in [-0.4, -0.2) is 60.8 Å². The van der Waals surface area contributed by atoms with E-state index < -0.39 is 0 Å². The summed E-state index contributed by atoms with van der Waals surface area (Å²) in [5, 5.41) is 11.6. The molecule has 0 radical (unpaired) electrons. The first-order chi connectivity index (χ1) is 9.60. The lowest BCUT2D eigenvalue weighted by atomic mass is 10.3. The standard InChI is InChI=1S/C13H18N2O4S/c1-9-2-3-11(20-9)13(18)14-6-12(17)15-4-5-19-10(7-15)8-16/h2-3,10,16H,4-8H2,1H3,(H,14,18). The Morgan fingerprint density at radius 2 is 2.35 bits per heavy atom. The molecule has 1 atom stereocenters. The van der Waals surface area contributed by atoms with Crippen LogP contribution in [0.3, 0.4) is 0 Å². The molecule has 1 aliphatic heterocycles. The van der Waals surface area contributed by atoms with E-state index in [0.717, 1.165) is 4.88 Å². The van der Waals surface area contributed by atoms with Gasteiger partial charge in [0.05, 0.1) is 30.7 Å². The van der Waals surface area contributed by atoms with Gasteiger partial charge in [-0.25, -0.2) is 0 Å². The molecule has 0 saturated carbocycles. The average Bonchev–Trinajstić information content (AvgIpc) is 2.91. The van der Waals surface area contributed by atoms with Crippen LogP contribution >= 0.6 is 11.3 Å². The third-order valence-corrected chi connectivity index (χ3v) is 4.06. The van der Waals surface area contributed by atoms with Gasteiger partial charge in [-0.05, 0) is 19.1 Å². The molecule has 6 nitrogen and oxygen atoms in total. The zero-order valence-corrected chi connectivity index (χ0v) is 12.1. The third-order valence-electron chi connectivity index (χ3n) is 3.06. The van der Waals surface area contributed by atoms with Gasteiger partial charge in [0.1, 0.15) is 0 Å². The number of hydrogen-bond acceptors (Lipinski definition) is 5. The molecule has 2 heterocycles. The first kappa shape index (κ1) is 15.0. The van der Waals surface area contributed by atoms with Crippen molar-refractivity contribution in [2.75, 3.05) is 32.8 Å². The maximum Gasteiger partial charge on any atom is 0.261 e. The number of ether oxygens (including phenoxy) is 1. The molecule has 110 valence electrons. The highest BCUT2D eigenvalue weighted by atomic mass is 32.1. The van der Waals surface area contributed by atoms with Crippen molar-refractivity contribution in [2.24, 2.45) is 0 Å². The molecule has 2 N–H and O–H groups in total. The van der Waals surface area contributed by atoms with Gasteiger partial charge >= 0.3 is 0 Å². The number of thiophene rings is 1. The molecule has 1 unspecified atom stereocenters. The van der Waals surface area contributed by atoms with Crippen LogP contribution in [0.1, 0.15) is 14.5 Å². The minimum atomic E-state index is -0.330. The van der Waals surface area contributed by atoms with Crippen molar-refractivity contribution < 1.29 is 19.4 Å². The van der Waals surface area contributed by atoms with Gasteiger partial charge in [-0.15, -0.1) is 11.3 Å². The number of carbonyl (C=O) groups excluding carboxylic acids is 2. The molecule has 0 aliphatic carbocycles. The van der Waals surface area contributed by atoms with E-state index in [1.54, 1.807) is 11.0 Å². The largest absolute Gasteiger partial charge is 0.394 e. The topological polar surface area (TPSA) is 78.9 Å². The number of carbonyl (C=O) groups is 2. The first-order valence-electron chi connectivity index (χ1n) is 6.45. The molecule has 20 heavy (non-hydrogen) atoms. The fourth-order valence-electron chi connectivity index (χ4n) is 1.97. The smallest absolute Gasteiger partial charge is 0.261 e. The van der Waals surface area contributed by atoms with E-state index in [1.165, 1.54) is 11.3 Å². The minimum absolute atomic E-state index is 0.0338.